The summed E-state index contributed by atoms with van der Waals surface area (Å²) in [5.74, 6) is 4.96. The Labute approximate surface area is 617 Å². The number of benzene rings is 4. The molecule has 0 amide bonds. The summed E-state index contributed by atoms with van der Waals surface area (Å²) in [6.45, 7) is 18.2. The molecule has 4 aromatic carbocycles. The molecular weight excluding hydrogens is 1250 g/mol. The van der Waals surface area contributed by atoms with E-state index in [4.69, 9.17) is 38.6 Å². The van der Waals surface area contributed by atoms with E-state index in [2.05, 4.69) is 148 Å². The Kier molecular flexibility index (Phi) is 46.3. The van der Waals surface area contributed by atoms with E-state index in [1.807, 2.05) is 0 Å². The van der Waals surface area contributed by atoms with Crippen LogP contribution in [0.5, 0.6) is 34.5 Å². The van der Waals surface area contributed by atoms with Crippen molar-refractivity contribution < 1.29 is 28.4 Å². The standard InChI is InChI=1S/C91H144N4O6/c1-7-13-19-25-31-37-43-49-67-96-82-61-55-78(56-62-82)86-75-84(80-59-65-88(98-69-51-45-39-33-27-21-15-9-3)90(73-80)100-71-53-47-41-35-29-23-17-11-5)92-94(86)77-95-87(79-57-63-83(64-58-79)97-68-50-44-38-32-26-20-14-8-2)76-85(93-95)81-60-66-89(99-70-52-46-40-34-28-22-16-10-4)91(74-81)101-72-54-48-42-36-30-24-18-12-6/h55-66,73-76H,7-54,67-72,77H2,1-6H3. The topological polar surface area (TPSA) is 91.0 Å². The van der Waals surface area contributed by atoms with Gasteiger partial charge in [0.25, 0.3) is 0 Å². The van der Waals surface area contributed by atoms with Crippen molar-refractivity contribution in [3.63, 3.8) is 0 Å². The number of nitrogens with zero attached hydrogens (tertiary/aromatic N) is 4. The highest BCUT2D eigenvalue weighted by Crippen LogP contribution is 2.38. The summed E-state index contributed by atoms with van der Waals surface area (Å²) in [7, 11) is 0. The lowest BCUT2D eigenvalue weighted by atomic mass is 10.1. The average molecular weight is 1390 g/mol. The van der Waals surface area contributed by atoms with E-state index in [9.17, 15) is 0 Å². The summed E-state index contributed by atoms with van der Waals surface area (Å²) in [4.78, 5) is 0. The molecule has 0 N–H and O–H groups in total. The van der Waals surface area contributed by atoms with Crippen LogP contribution in [0.2, 0.25) is 0 Å². The van der Waals surface area contributed by atoms with Gasteiger partial charge in [-0.15, -0.1) is 0 Å². The average Bonchev–Trinajstić information content (AvgIpc) is 1.64. The molecule has 0 aliphatic rings. The maximum atomic E-state index is 6.75. The second-order valence-electron chi connectivity index (χ2n) is 29.3. The monoisotopic (exact) mass is 1390 g/mol. The highest BCUT2D eigenvalue weighted by molar-refractivity contribution is 5.73. The van der Waals surface area contributed by atoms with Gasteiger partial charge in [0.05, 0.1) is 62.4 Å². The zero-order valence-corrected chi connectivity index (χ0v) is 65.4. The van der Waals surface area contributed by atoms with Crippen LogP contribution >= 0.6 is 0 Å². The van der Waals surface area contributed by atoms with Gasteiger partial charge < -0.3 is 28.4 Å². The zero-order chi connectivity index (χ0) is 71.1. The maximum Gasteiger partial charge on any atom is 0.161 e. The largest absolute Gasteiger partial charge is 0.494 e. The number of ether oxygens (including phenoxy) is 6. The van der Waals surface area contributed by atoms with Gasteiger partial charge in [-0.05, 0) is 136 Å². The fourth-order valence-corrected chi connectivity index (χ4v) is 13.7. The lowest BCUT2D eigenvalue weighted by Gasteiger charge is -2.14. The van der Waals surface area contributed by atoms with Crippen molar-refractivity contribution in [3.8, 4) is 79.5 Å². The molecular formula is C91H144N4O6. The van der Waals surface area contributed by atoms with Crippen LogP contribution < -0.4 is 28.4 Å². The Morgan fingerprint density at radius 1 is 0.218 bits per heavy atom. The summed E-state index contributed by atoms with van der Waals surface area (Å²) in [6, 6.07) is 34.6. The highest BCUT2D eigenvalue weighted by Gasteiger charge is 2.20. The molecule has 0 bridgehead atoms. The van der Waals surface area contributed by atoms with Gasteiger partial charge in [-0.1, -0.05) is 311 Å². The second kappa shape index (κ2) is 55.6. The number of unbranched alkanes of at least 4 members (excludes halogenated alkanes) is 42. The van der Waals surface area contributed by atoms with E-state index in [0.717, 1.165) is 131 Å². The second-order valence-corrected chi connectivity index (χ2v) is 29.3. The first-order chi connectivity index (χ1) is 50.0. The molecule has 10 heteroatoms. The normalized spacial score (nSPS) is 11.5. The molecule has 564 valence electrons. The minimum atomic E-state index is 0.348. The van der Waals surface area contributed by atoms with Gasteiger partial charge in [0, 0.05) is 22.3 Å². The fraction of sp³-hybridized carbons (Fsp3) is 0.670. The predicted molar refractivity (Wildman–Crippen MR) is 430 cm³/mol. The first kappa shape index (κ1) is 84.0. The van der Waals surface area contributed by atoms with Crippen LogP contribution in [0.1, 0.15) is 350 Å². The lowest BCUT2D eigenvalue weighted by Crippen LogP contribution is -2.13. The van der Waals surface area contributed by atoms with Gasteiger partial charge in [0.15, 0.2) is 23.0 Å². The lowest BCUT2D eigenvalue weighted by molar-refractivity contribution is 0.258. The van der Waals surface area contributed by atoms with E-state index in [1.165, 1.54) is 270 Å². The van der Waals surface area contributed by atoms with Gasteiger partial charge in [0.2, 0.25) is 0 Å². The summed E-state index contributed by atoms with van der Waals surface area (Å²) in [5.41, 5.74) is 7.73. The molecule has 6 aromatic rings. The molecule has 2 aromatic heterocycles. The van der Waals surface area contributed by atoms with Crippen molar-refractivity contribution in [1.29, 1.82) is 0 Å². The van der Waals surface area contributed by atoms with Crippen LogP contribution in [-0.4, -0.2) is 59.2 Å². The van der Waals surface area contributed by atoms with Crippen molar-refractivity contribution in [2.75, 3.05) is 39.6 Å². The van der Waals surface area contributed by atoms with Gasteiger partial charge in [-0.25, -0.2) is 9.36 Å². The fourth-order valence-electron chi connectivity index (χ4n) is 13.7. The van der Waals surface area contributed by atoms with Crippen LogP contribution in [0.4, 0.5) is 0 Å². The van der Waals surface area contributed by atoms with Crippen LogP contribution in [0.3, 0.4) is 0 Å². The first-order valence-corrected chi connectivity index (χ1v) is 42.4. The Morgan fingerprint density at radius 2 is 0.436 bits per heavy atom. The zero-order valence-electron chi connectivity index (χ0n) is 65.4. The van der Waals surface area contributed by atoms with Gasteiger partial charge in [-0.2, -0.15) is 10.2 Å². The molecule has 101 heavy (non-hydrogen) atoms. The minimum absolute atomic E-state index is 0.348. The van der Waals surface area contributed by atoms with Gasteiger partial charge in [0.1, 0.15) is 18.2 Å². The minimum Gasteiger partial charge on any atom is -0.494 e. The molecule has 0 aliphatic heterocycles. The van der Waals surface area contributed by atoms with Crippen molar-refractivity contribution in [3.05, 3.63) is 97.1 Å². The van der Waals surface area contributed by atoms with Gasteiger partial charge in [-0.3, -0.25) is 0 Å². The summed E-state index contributed by atoms with van der Waals surface area (Å²) in [6.07, 6.45) is 60.4. The van der Waals surface area contributed by atoms with Gasteiger partial charge >= 0.3 is 0 Å². The number of hydrogen-bond donors (Lipinski definition) is 0. The van der Waals surface area contributed by atoms with Crippen molar-refractivity contribution in [2.24, 2.45) is 0 Å². The summed E-state index contributed by atoms with van der Waals surface area (Å²) in [5, 5.41) is 11.1. The number of hydrogen-bond acceptors (Lipinski definition) is 8. The van der Waals surface area contributed by atoms with Crippen LogP contribution in [0.25, 0.3) is 45.0 Å². The third kappa shape index (κ3) is 35.4. The molecule has 0 saturated carbocycles. The molecule has 0 atom stereocenters. The van der Waals surface area contributed by atoms with E-state index in [0.29, 0.717) is 33.1 Å². The molecule has 10 nitrogen and oxygen atoms in total. The summed E-state index contributed by atoms with van der Waals surface area (Å²) < 4.78 is 43.8. The smallest absolute Gasteiger partial charge is 0.161 e. The summed E-state index contributed by atoms with van der Waals surface area (Å²) >= 11 is 0. The molecule has 0 unspecified atom stereocenters. The number of aromatic nitrogens is 4. The molecule has 0 radical (unpaired) electrons. The maximum absolute atomic E-state index is 6.75. The molecule has 0 saturated heterocycles. The van der Waals surface area contributed by atoms with E-state index >= 15 is 0 Å². The van der Waals surface area contributed by atoms with Crippen molar-refractivity contribution >= 4 is 0 Å². The molecule has 0 aliphatic carbocycles. The number of rotatable bonds is 66. The molecule has 0 spiro atoms. The van der Waals surface area contributed by atoms with Crippen LogP contribution in [-0.2, 0) is 6.67 Å². The SMILES string of the molecule is CCCCCCCCCCOc1ccc(-c2cc(-c3ccc(OCCCCCCCCCC)c(OCCCCCCCCCC)c3)nn2Cn2nc(-c3ccc(OCCCCCCCCCC)c(OCCCCCCCCCC)c3)cc2-c2ccc(OCCCCCCCCCC)cc2)cc1. The van der Waals surface area contributed by atoms with Crippen molar-refractivity contribution in [1.82, 2.24) is 19.6 Å². The highest BCUT2D eigenvalue weighted by atomic mass is 16.5. The third-order valence-electron chi connectivity index (χ3n) is 20.2. The molecule has 6 rings (SSSR count). The van der Waals surface area contributed by atoms with E-state index in [1.54, 1.807) is 0 Å². The predicted octanol–water partition coefficient (Wildman–Crippen LogP) is 28.4. The van der Waals surface area contributed by atoms with Crippen LogP contribution in [0.15, 0.2) is 97.1 Å². The van der Waals surface area contributed by atoms with Crippen molar-refractivity contribution in [2.45, 2.75) is 356 Å². The quantitative estimate of drug-likeness (QED) is 0.0349. The molecule has 0 fully saturated rings. The Bertz CT molecular complexity index is 2750. The first-order valence-electron chi connectivity index (χ1n) is 42.4. The Balaban J connectivity index is 1.34. The van der Waals surface area contributed by atoms with Crippen LogP contribution in [0, 0.1) is 0 Å². The molecule has 2 heterocycles. The Hall–Kier alpha value is -5.90. The van der Waals surface area contributed by atoms with E-state index in [-0.39, 0.29) is 0 Å². The van der Waals surface area contributed by atoms with E-state index < -0.39 is 0 Å². The Morgan fingerprint density at radius 3 is 0.693 bits per heavy atom. The third-order valence-corrected chi connectivity index (χ3v) is 20.2.